The topological polar surface area (TPSA) is 72.2 Å². The normalized spacial score (nSPS) is 13.0. The number of hydrogen-bond donors (Lipinski definition) is 1. The van der Waals surface area contributed by atoms with Crippen LogP contribution in [0.1, 0.15) is 27.9 Å². The molecular formula is C21H14F2N2O3. The maximum Gasteiger partial charge on any atom is 0.272 e. The summed E-state index contributed by atoms with van der Waals surface area (Å²) in [6, 6.07) is 11.7. The van der Waals surface area contributed by atoms with Gasteiger partial charge in [-0.2, -0.15) is 0 Å². The first kappa shape index (κ1) is 17.8. The Morgan fingerprint density at radius 2 is 1.89 bits per heavy atom. The van der Waals surface area contributed by atoms with E-state index in [0.29, 0.717) is 29.5 Å². The Kier molecular flexibility index (Phi) is 4.35. The molecule has 0 spiro atoms. The van der Waals surface area contributed by atoms with Crippen molar-refractivity contribution < 1.29 is 18.5 Å². The number of nitrogens with zero attached hydrogens (tertiary/aromatic N) is 1. The number of benzene rings is 3. The fraction of sp³-hybridized carbons (Fsp3) is 0.0952. The van der Waals surface area contributed by atoms with Crippen molar-refractivity contribution in [2.45, 2.75) is 12.8 Å². The molecule has 0 heterocycles. The van der Waals surface area contributed by atoms with Gasteiger partial charge in [0.1, 0.15) is 0 Å². The Morgan fingerprint density at radius 1 is 1.07 bits per heavy atom. The summed E-state index contributed by atoms with van der Waals surface area (Å²) in [5.74, 6) is -2.75. The van der Waals surface area contributed by atoms with Crippen LogP contribution in [0.3, 0.4) is 0 Å². The average molecular weight is 380 g/mol. The third-order valence-corrected chi connectivity index (χ3v) is 4.76. The van der Waals surface area contributed by atoms with Crippen LogP contribution in [0, 0.1) is 21.7 Å². The number of aryl methyl sites for hydroxylation is 1. The molecule has 0 saturated heterocycles. The highest BCUT2D eigenvalue weighted by Crippen LogP contribution is 2.34. The van der Waals surface area contributed by atoms with Crippen molar-refractivity contribution in [3.63, 3.8) is 0 Å². The van der Waals surface area contributed by atoms with Gasteiger partial charge in [-0.15, -0.1) is 0 Å². The Morgan fingerprint density at radius 3 is 2.64 bits per heavy atom. The molecule has 0 atom stereocenters. The van der Waals surface area contributed by atoms with Crippen molar-refractivity contribution >= 4 is 28.1 Å². The molecule has 0 saturated carbocycles. The van der Waals surface area contributed by atoms with Crippen molar-refractivity contribution in [3.8, 4) is 0 Å². The van der Waals surface area contributed by atoms with Crippen LogP contribution >= 0.6 is 0 Å². The number of rotatable bonds is 3. The summed E-state index contributed by atoms with van der Waals surface area (Å²) in [6.45, 7) is 0. The highest BCUT2D eigenvalue weighted by Gasteiger charge is 2.23. The molecule has 1 aliphatic carbocycles. The molecule has 0 fully saturated rings. The zero-order valence-corrected chi connectivity index (χ0v) is 14.5. The van der Waals surface area contributed by atoms with Crippen molar-refractivity contribution in [2.24, 2.45) is 0 Å². The van der Waals surface area contributed by atoms with Crippen LogP contribution in [-0.2, 0) is 6.42 Å². The van der Waals surface area contributed by atoms with Crippen molar-refractivity contribution in [1.29, 1.82) is 0 Å². The Labute approximate surface area is 158 Å². The average Bonchev–Trinajstić information content (AvgIpc) is 2.68. The van der Waals surface area contributed by atoms with E-state index in [-0.39, 0.29) is 11.3 Å². The second-order valence-corrected chi connectivity index (χ2v) is 6.50. The number of carbonyl (C=O) groups is 1. The van der Waals surface area contributed by atoms with Gasteiger partial charge in [0.15, 0.2) is 11.6 Å². The standard InChI is InChI=1S/C21H14F2N2O3/c22-17-8-7-14(10-18(17)23)21(26)24-19-5-1-3-12-9-13-4-2-6-20(25(27)28)16(13)11-15(12)19/h1,3,5-11H,2,4H2,(H,24,26). The van der Waals surface area contributed by atoms with Gasteiger partial charge in [0.25, 0.3) is 11.6 Å². The van der Waals surface area contributed by atoms with Crippen molar-refractivity contribution in [3.05, 3.63) is 93.0 Å². The number of halogens is 2. The van der Waals surface area contributed by atoms with Gasteiger partial charge in [-0.3, -0.25) is 14.9 Å². The van der Waals surface area contributed by atoms with Gasteiger partial charge in [-0.05, 0) is 60.2 Å². The molecule has 28 heavy (non-hydrogen) atoms. The van der Waals surface area contributed by atoms with E-state index in [1.807, 2.05) is 12.1 Å². The summed E-state index contributed by atoms with van der Waals surface area (Å²) in [5, 5.41) is 15.5. The van der Waals surface area contributed by atoms with Crippen molar-refractivity contribution in [1.82, 2.24) is 0 Å². The molecular weight excluding hydrogens is 366 g/mol. The molecule has 1 N–H and O–H groups in total. The highest BCUT2D eigenvalue weighted by atomic mass is 19.2. The van der Waals surface area contributed by atoms with Gasteiger partial charge in [0.05, 0.1) is 10.5 Å². The summed E-state index contributed by atoms with van der Waals surface area (Å²) in [5.41, 5.74) is 1.86. The van der Waals surface area contributed by atoms with Gasteiger partial charge in [0.2, 0.25) is 0 Å². The van der Waals surface area contributed by atoms with Crippen LogP contribution in [0.2, 0.25) is 0 Å². The van der Waals surface area contributed by atoms with Crippen LogP contribution in [0.15, 0.2) is 54.6 Å². The van der Waals surface area contributed by atoms with E-state index >= 15 is 0 Å². The van der Waals surface area contributed by atoms with E-state index < -0.39 is 22.5 Å². The monoisotopic (exact) mass is 380 g/mol. The molecule has 5 nitrogen and oxygen atoms in total. The van der Waals surface area contributed by atoms with E-state index in [1.165, 1.54) is 6.07 Å². The number of nitrogens with one attached hydrogen (secondary N) is 1. The molecule has 3 aromatic rings. The number of carbonyl (C=O) groups excluding carboxylic acids is 1. The number of amides is 1. The summed E-state index contributed by atoms with van der Waals surface area (Å²) < 4.78 is 26.5. The van der Waals surface area contributed by atoms with E-state index in [2.05, 4.69) is 5.32 Å². The zero-order valence-electron chi connectivity index (χ0n) is 14.5. The van der Waals surface area contributed by atoms with Gasteiger partial charge >= 0.3 is 0 Å². The number of anilines is 1. The molecule has 0 bridgehead atoms. The van der Waals surface area contributed by atoms with Gasteiger partial charge in [-0.1, -0.05) is 18.2 Å². The molecule has 4 rings (SSSR count). The maximum absolute atomic E-state index is 13.4. The summed E-state index contributed by atoms with van der Waals surface area (Å²) >= 11 is 0. The maximum atomic E-state index is 13.4. The van der Waals surface area contributed by atoms with Crippen LogP contribution in [0.5, 0.6) is 0 Å². The summed E-state index contributed by atoms with van der Waals surface area (Å²) in [4.78, 5) is 23.4. The molecule has 3 aromatic carbocycles. The largest absolute Gasteiger partial charge is 0.321 e. The fourth-order valence-electron chi connectivity index (χ4n) is 3.41. The third kappa shape index (κ3) is 3.11. The smallest absolute Gasteiger partial charge is 0.272 e. The first-order chi connectivity index (χ1) is 13.4. The first-order valence-electron chi connectivity index (χ1n) is 8.61. The molecule has 0 radical (unpaired) electrons. The Hall–Kier alpha value is -3.61. The predicted octanol–water partition coefficient (Wildman–Crippen LogP) is 4.93. The Bertz CT molecular complexity index is 1170. The first-order valence-corrected chi connectivity index (χ1v) is 8.61. The molecule has 1 aliphatic rings. The number of fused-ring (bicyclic) bond motifs is 2. The zero-order chi connectivity index (χ0) is 19.8. The van der Waals surface area contributed by atoms with Gasteiger partial charge < -0.3 is 5.32 Å². The van der Waals surface area contributed by atoms with E-state index in [4.69, 9.17) is 0 Å². The van der Waals surface area contributed by atoms with Gasteiger partial charge in [0, 0.05) is 16.6 Å². The Balaban J connectivity index is 1.76. The fourth-order valence-corrected chi connectivity index (χ4v) is 3.41. The minimum atomic E-state index is -1.11. The van der Waals surface area contributed by atoms with E-state index in [1.54, 1.807) is 24.3 Å². The van der Waals surface area contributed by atoms with Crippen LogP contribution in [0.4, 0.5) is 14.5 Å². The van der Waals surface area contributed by atoms with E-state index in [9.17, 15) is 23.7 Å². The molecule has 0 aliphatic heterocycles. The quantitative estimate of drug-likeness (QED) is 0.517. The van der Waals surface area contributed by atoms with E-state index in [0.717, 1.165) is 23.1 Å². The SMILES string of the molecule is O=C(Nc1cccc2cc3c(cc12)C([N+](=O)[O-])=CCC3)c1ccc(F)c(F)c1. The minimum Gasteiger partial charge on any atom is -0.321 e. The van der Waals surface area contributed by atoms with Gasteiger partial charge in [-0.25, -0.2) is 8.78 Å². The highest BCUT2D eigenvalue weighted by molar-refractivity contribution is 6.09. The minimum absolute atomic E-state index is 0.0280. The summed E-state index contributed by atoms with van der Waals surface area (Å²) in [7, 11) is 0. The second-order valence-electron chi connectivity index (χ2n) is 6.50. The molecule has 0 unspecified atom stereocenters. The second kappa shape index (κ2) is 6.84. The van der Waals surface area contributed by atoms with Crippen LogP contribution in [-0.4, -0.2) is 10.8 Å². The van der Waals surface area contributed by atoms with Crippen LogP contribution in [0.25, 0.3) is 16.5 Å². The lowest BCUT2D eigenvalue weighted by Crippen LogP contribution is -2.13. The third-order valence-electron chi connectivity index (χ3n) is 4.76. The number of nitro groups is 1. The summed E-state index contributed by atoms with van der Waals surface area (Å²) in [6.07, 6.45) is 2.89. The van der Waals surface area contributed by atoms with Crippen molar-refractivity contribution in [2.75, 3.05) is 5.32 Å². The number of hydrogen-bond acceptors (Lipinski definition) is 3. The lowest BCUT2D eigenvalue weighted by Gasteiger charge is -2.15. The predicted molar refractivity (Wildman–Crippen MR) is 102 cm³/mol. The molecule has 0 aromatic heterocycles. The number of allylic oxidation sites excluding steroid dienone is 1. The van der Waals surface area contributed by atoms with Crippen LogP contribution < -0.4 is 5.32 Å². The molecule has 7 heteroatoms. The molecule has 1 amide bonds. The lowest BCUT2D eigenvalue weighted by molar-refractivity contribution is -0.375. The lowest BCUT2D eigenvalue weighted by atomic mass is 9.91. The molecule has 140 valence electrons.